The van der Waals surface area contributed by atoms with E-state index >= 15 is 0 Å². The third kappa shape index (κ3) is 3.57. The molecule has 0 radical (unpaired) electrons. The zero-order chi connectivity index (χ0) is 12.1. The van der Waals surface area contributed by atoms with Crippen LogP contribution in [-0.2, 0) is 0 Å². The minimum Gasteiger partial charge on any atom is -0.446 e. The molecule has 0 amide bonds. The number of nitrogens with two attached hydrogens (primary N) is 1. The maximum Gasteiger partial charge on any atom is 0.179 e. The van der Waals surface area contributed by atoms with Gasteiger partial charge in [-0.25, -0.2) is 5.84 Å². The number of hydrazine groups is 1. The van der Waals surface area contributed by atoms with Crippen LogP contribution < -0.4 is 11.3 Å². The van der Waals surface area contributed by atoms with E-state index in [1.807, 2.05) is 12.1 Å². The molecule has 1 aliphatic rings. The second kappa shape index (κ2) is 6.21. The molecular weight excluding hydrogens is 282 g/mol. The van der Waals surface area contributed by atoms with Gasteiger partial charge in [-0.05, 0) is 40.9 Å². The summed E-state index contributed by atoms with van der Waals surface area (Å²) in [6.07, 6.45) is 7.45. The van der Waals surface area contributed by atoms with Crippen molar-refractivity contribution in [3.63, 3.8) is 0 Å². The first-order chi connectivity index (χ1) is 8.29. The molecule has 1 fully saturated rings. The molecule has 4 nitrogen and oxygen atoms in total. The summed E-state index contributed by atoms with van der Waals surface area (Å²) in [4.78, 5) is 4.66. The highest BCUT2D eigenvalue weighted by Gasteiger charge is 2.14. The molecule has 5 heteroatoms. The molecule has 1 aliphatic carbocycles. The monoisotopic (exact) mass is 299 g/mol. The van der Waals surface area contributed by atoms with Crippen LogP contribution in [0.4, 0.5) is 0 Å². The predicted octanol–water partition coefficient (Wildman–Crippen LogP) is 2.97. The number of furan rings is 1. The fourth-order valence-corrected chi connectivity index (χ4v) is 2.49. The number of aliphatic imine (C=N–C) groups is 1. The van der Waals surface area contributed by atoms with Crippen molar-refractivity contribution in [1.82, 2.24) is 5.43 Å². The Bertz CT molecular complexity index is 381. The highest BCUT2D eigenvalue weighted by Crippen LogP contribution is 2.21. The van der Waals surface area contributed by atoms with Crippen molar-refractivity contribution in [1.29, 1.82) is 0 Å². The zero-order valence-electron chi connectivity index (χ0n) is 9.79. The lowest BCUT2D eigenvalue weighted by Gasteiger charge is -2.10. The fraction of sp³-hybridized carbons (Fsp3) is 0.583. The first kappa shape index (κ1) is 12.6. The van der Waals surface area contributed by atoms with E-state index in [-0.39, 0.29) is 0 Å². The molecule has 1 heterocycles. The summed E-state index contributed by atoms with van der Waals surface area (Å²) >= 11 is 3.28. The number of hydrogen-bond acceptors (Lipinski definition) is 3. The molecule has 0 unspecified atom stereocenters. The fourth-order valence-electron chi connectivity index (χ4n) is 2.18. The average Bonchev–Trinajstić information content (AvgIpc) is 2.62. The van der Waals surface area contributed by atoms with E-state index in [1.165, 1.54) is 25.7 Å². The molecule has 0 aromatic carbocycles. The summed E-state index contributed by atoms with van der Waals surface area (Å²) in [7, 11) is 0. The second-order valence-electron chi connectivity index (χ2n) is 4.37. The maximum atomic E-state index is 5.51. The van der Waals surface area contributed by atoms with E-state index in [0.717, 1.165) is 12.8 Å². The molecule has 3 N–H and O–H groups in total. The largest absolute Gasteiger partial charge is 0.446 e. The summed E-state index contributed by atoms with van der Waals surface area (Å²) in [5, 5.41) is 0. The Hall–Kier alpha value is -0.810. The summed E-state index contributed by atoms with van der Waals surface area (Å²) in [6, 6.07) is 4.07. The van der Waals surface area contributed by atoms with Crippen molar-refractivity contribution >= 4 is 21.8 Å². The van der Waals surface area contributed by atoms with E-state index in [2.05, 4.69) is 26.3 Å². The summed E-state index contributed by atoms with van der Waals surface area (Å²) in [6.45, 7) is 0. The topological polar surface area (TPSA) is 63.5 Å². The van der Waals surface area contributed by atoms with Gasteiger partial charge in [-0.15, -0.1) is 0 Å². The van der Waals surface area contributed by atoms with Crippen LogP contribution in [0.3, 0.4) is 0 Å². The smallest absolute Gasteiger partial charge is 0.179 e. The van der Waals surface area contributed by atoms with Crippen LogP contribution in [0, 0.1) is 0 Å². The van der Waals surface area contributed by atoms with Gasteiger partial charge in [0.2, 0.25) is 0 Å². The minimum atomic E-state index is 0.368. The standard InChI is InChI=1S/C12H18BrN3O/c13-11-8-7-10(17-11)12(16-14)15-9-5-3-1-2-4-6-9/h7-9H,1-6,14H2,(H,15,16). The molecule has 0 bridgehead atoms. The highest BCUT2D eigenvalue weighted by molar-refractivity contribution is 9.10. The number of nitrogens with zero attached hydrogens (tertiary/aromatic N) is 1. The second-order valence-corrected chi connectivity index (χ2v) is 5.15. The summed E-state index contributed by atoms with van der Waals surface area (Å²) in [5.41, 5.74) is 2.63. The molecule has 0 atom stereocenters. The zero-order valence-corrected chi connectivity index (χ0v) is 11.4. The molecule has 0 saturated heterocycles. The van der Waals surface area contributed by atoms with Crippen molar-refractivity contribution < 1.29 is 4.42 Å². The summed E-state index contributed by atoms with van der Waals surface area (Å²) < 4.78 is 6.14. The van der Waals surface area contributed by atoms with Gasteiger partial charge in [0, 0.05) is 0 Å². The lowest BCUT2D eigenvalue weighted by Crippen LogP contribution is -2.32. The SMILES string of the molecule is NNC(=NC1CCCCCC1)c1ccc(Br)o1. The van der Waals surface area contributed by atoms with Crippen LogP contribution in [0.5, 0.6) is 0 Å². The number of rotatable bonds is 2. The third-order valence-electron chi connectivity index (χ3n) is 3.08. The molecule has 1 aromatic heterocycles. The molecule has 2 rings (SSSR count). The normalized spacial score (nSPS) is 19.1. The Morgan fingerprint density at radius 2 is 2.00 bits per heavy atom. The molecule has 0 spiro atoms. The van der Waals surface area contributed by atoms with Crippen LogP contribution in [0.2, 0.25) is 0 Å². The number of nitrogens with one attached hydrogen (secondary N) is 1. The first-order valence-electron chi connectivity index (χ1n) is 6.09. The van der Waals surface area contributed by atoms with Gasteiger partial charge in [-0.1, -0.05) is 25.7 Å². The van der Waals surface area contributed by atoms with Crippen molar-refractivity contribution in [2.75, 3.05) is 0 Å². The van der Waals surface area contributed by atoms with Crippen LogP contribution in [0.25, 0.3) is 0 Å². The molecule has 0 aliphatic heterocycles. The van der Waals surface area contributed by atoms with E-state index in [9.17, 15) is 0 Å². The van der Waals surface area contributed by atoms with Crippen LogP contribution in [-0.4, -0.2) is 11.9 Å². The molecular formula is C12H18BrN3O. The van der Waals surface area contributed by atoms with E-state index in [0.29, 0.717) is 22.3 Å². The number of halogens is 1. The van der Waals surface area contributed by atoms with E-state index in [4.69, 9.17) is 10.3 Å². The third-order valence-corrected chi connectivity index (χ3v) is 3.51. The Balaban J connectivity index is 2.10. The van der Waals surface area contributed by atoms with Crippen molar-refractivity contribution in [3.05, 3.63) is 22.6 Å². The number of hydrogen-bond donors (Lipinski definition) is 2. The van der Waals surface area contributed by atoms with Gasteiger partial charge >= 0.3 is 0 Å². The van der Waals surface area contributed by atoms with Crippen LogP contribution in [0.15, 0.2) is 26.2 Å². The molecule has 94 valence electrons. The van der Waals surface area contributed by atoms with Gasteiger partial charge in [0.1, 0.15) is 0 Å². The lowest BCUT2D eigenvalue weighted by molar-refractivity contribution is 0.523. The van der Waals surface area contributed by atoms with Crippen molar-refractivity contribution in [2.24, 2.45) is 10.8 Å². The average molecular weight is 300 g/mol. The minimum absolute atomic E-state index is 0.368. The predicted molar refractivity (Wildman–Crippen MR) is 71.8 cm³/mol. The first-order valence-corrected chi connectivity index (χ1v) is 6.89. The van der Waals surface area contributed by atoms with Crippen LogP contribution >= 0.6 is 15.9 Å². The Labute approximate surface area is 110 Å². The van der Waals surface area contributed by atoms with Gasteiger partial charge in [-0.3, -0.25) is 4.99 Å². The van der Waals surface area contributed by atoms with Gasteiger partial charge in [0.05, 0.1) is 6.04 Å². The quantitative estimate of drug-likeness (QED) is 0.290. The Morgan fingerprint density at radius 3 is 2.53 bits per heavy atom. The van der Waals surface area contributed by atoms with Crippen molar-refractivity contribution in [2.45, 2.75) is 44.6 Å². The molecule has 1 aromatic rings. The highest BCUT2D eigenvalue weighted by atomic mass is 79.9. The molecule has 17 heavy (non-hydrogen) atoms. The van der Waals surface area contributed by atoms with Gasteiger partial charge in [0.15, 0.2) is 16.3 Å². The summed E-state index contributed by atoms with van der Waals surface area (Å²) in [5.74, 6) is 6.84. The number of amidine groups is 1. The van der Waals surface area contributed by atoms with E-state index in [1.54, 1.807) is 0 Å². The lowest BCUT2D eigenvalue weighted by atomic mass is 10.1. The van der Waals surface area contributed by atoms with E-state index < -0.39 is 0 Å². The molecule has 1 saturated carbocycles. The van der Waals surface area contributed by atoms with Gasteiger partial charge < -0.3 is 9.84 Å². The maximum absolute atomic E-state index is 5.51. The van der Waals surface area contributed by atoms with Gasteiger partial charge in [-0.2, -0.15) is 0 Å². The Morgan fingerprint density at radius 1 is 1.29 bits per heavy atom. The van der Waals surface area contributed by atoms with Crippen molar-refractivity contribution in [3.8, 4) is 0 Å². The van der Waals surface area contributed by atoms with Gasteiger partial charge in [0.25, 0.3) is 0 Å². The van der Waals surface area contributed by atoms with Crippen LogP contribution in [0.1, 0.15) is 44.3 Å². The Kier molecular flexibility index (Phi) is 4.62.